The summed E-state index contributed by atoms with van der Waals surface area (Å²) in [5.41, 5.74) is 2.90. The lowest BCUT2D eigenvalue weighted by Crippen LogP contribution is -2.19. The first-order valence-electron chi connectivity index (χ1n) is 5.59. The van der Waals surface area contributed by atoms with Crippen LogP contribution in [-0.4, -0.2) is 15.2 Å². The van der Waals surface area contributed by atoms with Crippen LogP contribution in [0.25, 0.3) is 0 Å². The van der Waals surface area contributed by atoms with Crippen molar-refractivity contribution in [1.82, 2.24) is 20.5 Å². The Morgan fingerprint density at radius 2 is 2.31 bits per heavy atom. The largest absolute Gasteiger partial charge is 0.303 e. The first-order valence-corrected chi connectivity index (χ1v) is 5.59. The van der Waals surface area contributed by atoms with Gasteiger partial charge in [0.25, 0.3) is 0 Å². The molecule has 4 nitrogen and oxygen atoms in total. The van der Waals surface area contributed by atoms with Gasteiger partial charge in [-0.3, -0.25) is 5.10 Å². The zero-order chi connectivity index (χ0) is 10.8. The molecule has 2 aromatic rings. The molecule has 4 heteroatoms. The maximum Gasteiger partial charge on any atom is 0.138 e. The van der Waals surface area contributed by atoms with Crippen molar-refractivity contribution in [1.29, 1.82) is 0 Å². The third-order valence-corrected chi connectivity index (χ3v) is 3.11. The molecule has 0 amide bonds. The topological polar surface area (TPSA) is 53.6 Å². The fourth-order valence-corrected chi connectivity index (χ4v) is 2.31. The number of rotatable bonds is 3. The SMILES string of the molecule is c1ccc2c(c1)CCC2NCc1ncn[nH]1. The second kappa shape index (κ2) is 4.06. The number of fused-ring (bicyclic) bond motifs is 1. The number of nitrogens with one attached hydrogen (secondary N) is 2. The van der Waals surface area contributed by atoms with Gasteiger partial charge in [-0.1, -0.05) is 24.3 Å². The van der Waals surface area contributed by atoms with Crippen molar-refractivity contribution in [3.8, 4) is 0 Å². The Hall–Kier alpha value is -1.68. The number of H-pyrrole nitrogens is 1. The minimum absolute atomic E-state index is 0.460. The molecule has 1 heterocycles. The normalized spacial score (nSPS) is 18.6. The zero-order valence-corrected chi connectivity index (χ0v) is 8.98. The molecule has 0 saturated carbocycles. The predicted molar refractivity (Wildman–Crippen MR) is 60.7 cm³/mol. The number of nitrogens with zero attached hydrogens (tertiary/aromatic N) is 2. The summed E-state index contributed by atoms with van der Waals surface area (Å²) in [5.74, 6) is 0.893. The Bertz CT molecular complexity index is 464. The molecule has 1 aromatic heterocycles. The quantitative estimate of drug-likeness (QED) is 0.815. The Balaban J connectivity index is 1.69. The van der Waals surface area contributed by atoms with E-state index < -0.39 is 0 Å². The third-order valence-electron chi connectivity index (χ3n) is 3.11. The highest BCUT2D eigenvalue weighted by molar-refractivity contribution is 5.34. The van der Waals surface area contributed by atoms with Crippen LogP contribution in [0.15, 0.2) is 30.6 Å². The van der Waals surface area contributed by atoms with Gasteiger partial charge >= 0.3 is 0 Å². The fraction of sp³-hybridized carbons (Fsp3) is 0.333. The summed E-state index contributed by atoms with van der Waals surface area (Å²) in [6, 6.07) is 9.10. The van der Waals surface area contributed by atoms with Crippen LogP contribution in [0.4, 0.5) is 0 Å². The molecule has 1 aliphatic carbocycles. The molecule has 2 N–H and O–H groups in total. The number of hydrogen-bond acceptors (Lipinski definition) is 3. The van der Waals surface area contributed by atoms with E-state index in [2.05, 4.69) is 44.8 Å². The zero-order valence-electron chi connectivity index (χ0n) is 8.98. The number of hydrogen-bond donors (Lipinski definition) is 2. The van der Waals surface area contributed by atoms with E-state index in [-0.39, 0.29) is 0 Å². The van der Waals surface area contributed by atoms with E-state index >= 15 is 0 Å². The lowest BCUT2D eigenvalue weighted by molar-refractivity contribution is 0.520. The van der Waals surface area contributed by atoms with Crippen molar-refractivity contribution >= 4 is 0 Å². The van der Waals surface area contributed by atoms with Crippen molar-refractivity contribution < 1.29 is 0 Å². The van der Waals surface area contributed by atoms with Crippen molar-refractivity contribution in [3.63, 3.8) is 0 Å². The fourth-order valence-electron chi connectivity index (χ4n) is 2.31. The number of aromatic nitrogens is 3. The van der Waals surface area contributed by atoms with Gasteiger partial charge in [-0.2, -0.15) is 5.10 Å². The van der Waals surface area contributed by atoms with Crippen LogP contribution in [0.3, 0.4) is 0 Å². The average Bonchev–Trinajstić information content (AvgIpc) is 2.96. The summed E-state index contributed by atoms with van der Waals surface area (Å²) in [6.07, 6.45) is 3.89. The molecule has 1 aliphatic rings. The molecular formula is C12H14N4. The number of aromatic amines is 1. The molecule has 16 heavy (non-hydrogen) atoms. The first-order chi connectivity index (χ1) is 7.93. The lowest BCUT2D eigenvalue weighted by atomic mass is 10.1. The van der Waals surface area contributed by atoms with Gasteiger partial charge in [0.05, 0.1) is 6.54 Å². The monoisotopic (exact) mass is 214 g/mol. The van der Waals surface area contributed by atoms with E-state index in [1.54, 1.807) is 6.33 Å². The van der Waals surface area contributed by atoms with E-state index in [1.165, 1.54) is 24.0 Å². The van der Waals surface area contributed by atoms with Crippen molar-refractivity contribution in [3.05, 3.63) is 47.5 Å². The van der Waals surface area contributed by atoms with Crippen LogP contribution in [0, 0.1) is 0 Å². The van der Waals surface area contributed by atoms with Crippen molar-refractivity contribution in [2.75, 3.05) is 0 Å². The first kappa shape index (κ1) is 9.54. The van der Waals surface area contributed by atoms with Crippen molar-refractivity contribution in [2.24, 2.45) is 0 Å². The van der Waals surface area contributed by atoms with E-state index in [0.29, 0.717) is 6.04 Å². The van der Waals surface area contributed by atoms with Crippen LogP contribution in [0.1, 0.15) is 29.4 Å². The van der Waals surface area contributed by atoms with Gasteiger partial charge in [0, 0.05) is 6.04 Å². The minimum Gasteiger partial charge on any atom is -0.303 e. The van der Waals surface area contributed by atoms with Crippen LogP contribution in [-0.2, 0) is 13.0 Å². The van der Waals surface area contributed by atoms with Gasteiger partial charge in [0.1, 0.15) is 12.2 Å². The third kappa shape index (κ3) is 1.72. The smallest absolute Gasteiger partial charge is 0.138 e. The van der Waals surface area contributed by atoms with E-state index in [0.717, 1.165) is 12.4 Å². The molecule has 0 saturated heterocycles. The van der Waals surface area contributed by atoms with Gasteiger partial charge in [-0.15, -0.1) is 0 Å². The van der Waals surface area contributed by atoms with E-state index in [9.17, 15) is 0 Å². The van der Waals surface area contributed by atoms with Gasteiger partial charge < -0.3 is 5.32 Å². The Kier molecular flexibility index (Phi) is 2.42. The van der Waals surface area contributed by atoms with Gasteiger partial charge in [0.15, 0.2) is 0 Å². The molecule has 3 rings (SSSR count). The summed E-state index contributed by atoms with van der Waals surface area (Å²) in [7, 11) is 0. The highest BCUT2D eigenvalue weighted by atomic mass is 15.2. The summed E-state index contributed by atoms with van der Waals surface area (Å²) < 4.78 is 0. The highest BCUT2D eigenvalue weighted by Gasteiger charge is 2.21. The molecule has 0 radical (unpaired) electrons. The van der Waals surface area contributed by atoms with Gasteiger partial charge in [-0.05, 0) is 24.0 Å². The van der Waals surface area contributed by atoms with Crippen LogP contribution in [0.2, 0.25) is 0 Å². The molecule has 0 fully saturated rings. The Morgan fingerprint density at radius 3 is 3.19 bits per heavy atom. The summed E-state index contributed by atoms with van der Waals surface area (Å²) in [5, 5.41) is 10.2. The maximum atomic E-state index is 4.10. The highest BCUT2D eigenvalue weighted by Crippen LogP contribution is 2.30. The lowest BCUT2D eigenvalue weighted by Gasteiger charge is -2.12. The van der Waals surface area contributed by atoms with Crippen LogP contribution >= 0.6 is 0 Å². The second-order valence-electron chi connectivity index (χ2n) is 4.10. The molecule has 0 aliphatic heterocycles. The summed E-state index contributed by atoms with van der Waals surface area (Å²) in [4.78, 5) is 4.10. The molecule has 82 valence electrons. The van der Waals surface area contributed by atoms with E-state index in [4.69, 9.17) is 0 Å². The molecule has 0 spiro atoms. The van der Waals surface area contributed by atoms with Crippen LogP contribution < -0.4 is 5.32 Å². The van der Waals surface area contributed by atoms with Gasteiger partial charge in [-0.25, -0.2) is 4.98 Å². The number of benzene rings is 1. The Labute approximate surface area is 94.1 Å². The minimum atomic E-state index is 0.460. The molecule has 0 bridgehead atoms. The van der Waals surface area contributed by atoms with Crippen LogP contribution in [0.5, 0.6) is 0 Å². The predicted octanol–water partition coefficient (Wildman–Crippen LogP) is 1.58. The molecular weight excluding hydrogens is 200 g/mol. The van der Waals surface area contributed by atoms with E-state index in [1.807, 2.05) is 0 Å². The number of aryl methyl sites for hydroxylation is 1. The maximum absolute atomic E-state index is 4.10. The summed E-state index contributed by atoms with van der Waals surface area (Å²) >= 11 is 0. The molecule has 1 unspecified atom stereocenters. The molecule has 1 aromatic carbocycles. The van der Waals surface area contributed by atoms with Crippen molar-refractivity contribution in [2.45, 2.75) is 25.4 Å². The Morgan fingerprint density at radius 1 is 1.38 bits per heavy atom. The average molecular weight is 214 g/mol. The van der Waals surface area contributed by atoms with Gasteiger partial charge in [0.2, 0.25) is 0 Å². The summed E-state index contributed by atoms with van der Waals surface area (Å²) in [6.45, 7) is 0.749. The standard InChI is InChI=1S/C12H14N4/c1-2-4-10-9(3-1)5-6-11(10)13-7-12-14-8-15-16-12/h1-4,8,11,13H,5-7H2,(H,14,15,16). The second-order valence-corrected chi connectivity index (χ2v) is 4.10. The molecule has 1 atom stereocenters.